The van der Waals surface area contributed by atoms with E-state index >= 15 is 0 Å². The third-order valence-corrected chi connectivity index (χ3v) is 4.72. The van der Waals surface area contributed by atoms with Gasteiger partial charge in [-0.3, -0.25) is 4.79 Å². The Kier molecular flexibility index (Phi) is 3.18. The molecule has 118 valence electrons. The van der Waals surface area contributed by atoms with Crippen LogP contribution in [0.15, 0.2) is 24.5 Å². The maximum Gasteiger partial charge on any atom is 0.243 e. The molecule has 3 heterocycles. The zero-order valence-electron chi connectivity index (χ0n) is 12.9. The number of aromatic nitrogens is 4. The molecule has 0 saturated heterocycles. The molecule has 0 N–H and O–H groups in total. The summed E-state index contributed by atoms with van der Waals surface area (Å²) in [6, 6.07) is 6.15. The monoisotopic (exact) mass is 310 g/mol. The summed E-state index contributed by atoms with van der Waals surface area (Å²) in [7, 11) is 0. The van der Waals surface area contributed by atoms with Gasteiger partial charge in [0.05, 0.1) is 24.9 Å². The summed E-state index contributed by atoms with van der Waals surface area (Å²) in [6.45, 7) is 2.57. The van der Waals surface area contributed by atoms with Crippen LogP contribution in [0.25, 0.3) is 0 Å². The summed E-state index contributed by atoms with van der Waals surface area (Å²) >= 11 is 0. The van der Waals surface area contributed by atoms with Gasteiger partial charge >= 0.3 is 0 Å². The van der Waals surface area contributed by atoms with Crippen LogP contribution in [0.1, 0.15) is 30.7 Å². The van der Waals surface area contributed by atoms with E-state index < -0.39 is 5.41 Å². The molecule has 0 radical (unpaired) electrons. The molecular weight excluding hydrogens is 292 g/mol. The molecule has 1 amide bonds. The van der Waals surface area contributed by atoms with Gasteiger partial charge in [-0.2, -0.15) is 5.26 Å². The van der Waals surface area contributed by atoms with E-state index in [1.807, 2.05) is 38.7 Å². The molecule has 2 aliphatic rings. The SMILES string of the molecule is N#CC1(C(=O)N2CCCn3nnc(Cn4cccc4)c3C2)CC1. The van der Waals surface area contributed by atoms with Crippen LogP contribution in [-0.2, 0) is 24.4 Å². The first-order valence-electron chi connectivity index (χ1n) is 7.94. The number of hydrogen-bond donors (Lipinski definition) is 0. The number of fused-ring (bicyclic) bond motifs is 1. The van der Waals surface area contributed by atoms with Gasteiger partial charge < -0.3 is 9.47 Å². The highest BCUT2D eigenvalue weighted by atomic mass is 16.2. The highest BCUT2D eigenvalue weighted by molar-refractivity contribution is 5.88. The predicted octanol–water partition coefficient (Wildman–Crippen LogP) is 1.16. The van der Waals surface area contributed by atoms with Crippen LogP contribution in [-0.4, -0.2) is 36.9 Å². The van der Waals surface area contributed by atoms with Crippen molar-refractivity contribution in [1.29, 1.82) is 5.26 Å². The minimum absolute atomic E-state index is 0.0263. The Morgan fingerprint density at radius 1 is 1.30 bits per heavy atom. The first-order chi connectivity index (χ1) is 11.2. The van der Waals surface area contributed by atoms with Crippen molar-refractivity contribution in [2.75, 3.05) is 6.54 Å². The number of hydrogen-bond acceptors (Lipinski definition) is 4. The number of aryl methyl sites for hydroxylation is 1. The molecule has 0 aromatic carbocycles. The summed E-state index contributed by atoms with van der Waals surface area (Å²) in [6.07, 6.45) is 6.19. The van der Waals surface area contributed by atoms with Crippen molar-refractivity contribution in [3.05, 3.63) is 35.9 Å². The van der Waals surface area contributed by atoms with Crippen LogP contribution >= 0.6 is 0 Å². The molecule has 0 atom stereocenters. The molecule has 7 heteroatoms. The number of rotatable bonds is 3. The van der Waals surface area contributed by atoms with Gasteiger partial charge in [0, 0.05) is 25.5 Å². The molecule has 1 aliphatic heterocycles. The molecule has 0 spiro atoms. The Morgan fingerprint density at radius 3 is 2.78 bits per heavy atom. The molecule has 4 rings (SSSR count). The Hall–Kier alpha value is -2.62. The smallest absolute Gasteiger partial charge is 0.243 e. The van der Waals surface area contributed by atoms with E-state index in [9.17, 15) is 10.1 Å². The molecule has 7 nitrogen and oxygen atoms in total. The lowest BCUT2D eigenvalue weighted by atomic mass is 10.1. The second kappa shape index (κ2) is 5.23. The first kappa shape index (κ1) is 14.0. The maximum atomic E-state index is 12.7. The predicted molar refractivity (Wildman–Crippen MR) is 80.9 cm³/mol. The van der Waals surface area contributed by atoms with Crippen LogP contribution in [0.3, 0.4) is 0 Å². The van der Waals surface area contributed by atoms with Gasteiger partial charge in [-0.25, -0.2) is 4.68 Å². The van der Waals surface area contributed by atoms with Crippen molar-refractivity contribution in [2.45, 2.75) is 38.9 Å². The van der Waals surface area contributed by atoms with E-state index in [-0.39, 0.29) is 5.91 Å². The molecule has 2 aromatic heterocycles. The van der Waals surface area contributed by atoms with Gasteiger partial charge in [-0.05, 0) is 31.4 Å². The van der Waals surface area contributed by atoms with Crippen LogP contribution in [0, 0.1) is 16.7 Å². The van der Waals surface area contributed by atoms with E-state index in [0.717, 1.165) is 24.4 Å². The summed E-state index contributed by atoms with van der Waals surface area (Å²) in [5.74, 6) is -0.0263. The van der Waals surface area contributed by atoms with Crippen LogP contribution < -0.4 is 0 Å². The van der Waals surface area contributed by atoms with Crippen LogP contribution in [0.2, 0.25) is 0 Å². The normalized spacial score (nSPS) is 18.8. The molecule has 1 saturated carbocycles. The number of nitrogens with zero attached hydrogens (tertiary/aromatic N) is 6. The minimum atomic E-state index is -0.761. The molecule has 1 fully saturated rings. The van der Waals surface area contributed by atoms with Crippen LogP contribution in [0.5, 0.6) is 0 Å². The Bertz CT molecular complexity index is 765. The Morgan fingerprint density at radius 2 is 2.09 bits per heavy atom. The molecular formula is C16H18N6O. The zero-order valence-corrected chi connectivity index (χ0v) is 12.9. The van der Waals surface area contributed by atoms with E-state index in [2.05, 4.69) is 16.4 Å². The van der Waals surface area contributed by atoms with E-state index in [0.29, 0.717) is 32.5 Å². The second-order valence-corrected chi connectivity index (χ2v) is 6.34. The summed E-state index contributed by atoms with van der Waals surface area (Å²) in [5.41, 5.74) is 1.12. The van der Waals surface area contributed by atoms with Gasteiger partial charge in [0.2, 0.25) is 5.91 Å². The van der Waals surface area contributed by atoms with Gasteiger partial charge in [0.1, 0.15) is 11.1 Å². The highest BCUT2D eigenvalue weighted by Crippen LogP contribution is 2.46. The lowest BCUT2D eigenvalue weighted by molar-refractivity contribution is -0.135. The third-order valence-electron chi connectivity index (χ3n) is 4.72. The number of amides is 1. The standard InChI is InChI=1S/C16H18N6O/c17-12-16(4-5-16)15(23)21-8-3-9-22-14(11-21)13(18-19-22)10-20-6-1-2-7-20/h1-2,6-7H,3-5,8-11H2. The molecule has 23 heavy (non-hydrogen) atoms. The van der Waals surface area contributed by atoms with Crippen molar-refractivity contribution < 1.29 is 4.79 Å². The fraction of sp³-hybridized carbons (Fsp3) is 0.500. The Labute approximate surface area is 134 Å². The van der Waals surface area contributed by atoms with Gasteiger partial charge in [0.15, 0.2) is 0 Å². The van der Waals surface area contributed by atoms with E-state index in [1.165, 1.54) is 0 Å². The largest absolute Gasteiger partial charge is 0.348 e. The topological polar surface area (TPSA) is 79.7 Å². The molecule has 0 unspecified atom stereocenters. The van der Waals surface area contributed by atoms with Crippen molar-refractivity contribution in [1.82, 2.24) is 24.5 Å². The van der Waals surface area contributed by atoms with Crippen molar-refractivity contribution in [3.63, 3.8) is 0 Å². The second-order valence-electron chi connectivity index (χ2n) is 6.34. The number of carbonyl (C=O) groups is 1. The summed E-state index contributed by atoms with van der Waals surface area (Å²) in [5, 5.41) is 17.8. The fourth-order valence-electron chi connectivity index (χ4n) is 3.14. The van der Waals surface area contributed by atoms with Gasteiger partial charge in [0.25, 0.3) is 0 Å². The minimum Gasteiger partial charge on any atom is -0.348 e. The molecule has 2 aromatic rings. The Balaban J connectivity index is 1.59. The highest BCUT2D eigenvalue weighted by Gasteiger charge is 2.52. The summed E-state index contributed by atoms with van der Waals surface area (Å²) < 4.78 is 3.94. The van der Waals surface area contributed by atoms with Gasteiger partial charge in [-0.1, -0.05) is 5.21 Å². The summed E-state index contributed by atoms with van der Waals surface area (Å²) in [4.78, 5) is 14.5. The average molecular weight is 310 g/mol. The van der Waals surface area contributed by atoms with Crippen molar-refractivity contribution in [3.8, 4) is 6.07 Å². The van der Waals surface area contributed by atoms with E-state index in [1.54, 1.807) is 0 Å². The number of nitriles is 1. The van der Waals surface area contributed by atoms with Crippen LogP contribution in [0.4, 0.5) is 0 Å². The van der Waals surface area contributed by atoms with Crippen molar-refractivity contribution >= 4 is 5.91 Å². The van der Waals surface area contributed by atoms with Gasteiger partial charge in [-0.15, -0.1) is 5.10 Å². The van der Waals surface area contributed by atoms with Crippen molar-refractivity contribution in [2.24, 2.45) is 5.41 Å². The third kappa shape index (κ3) is 2.40. The fourth-order valence-corrected chi connectivity index (χ4v) is 3.14. The molecule has 0 bridgehead atoms. The average Bonchev–Trinajstić information content (AvgIpc) is 3.14. The van der Waals surface area contributed by atoms with E-state index in [4.69, 9.17) is 0 Å². The maximum absolute atomic E-state index is 12.7. The molecule has 1 aliphatic carbocycles. The quantitative estimate of drug-likeness (QED) is 0.852. The first-order valence-corrected chi connectivity index (χ1v) is 7.94. The lowest BCUT2D eigenvalue weighted by Gasteiger charge is -2.22. The number of carbonyl (C=O) groups excluding carboxylic acids is 1. The zero-order chi connectivity index (χ0) is 15.9. The lowest BCUT2D eigenvalue weighted by Crippen LogP contribution is -2.36.